The maximum Gasteiger partial charge on any atom is 0.418 e. The van der Waals surface area contributed by atoms with Crippen molar-refractivity contribution in [3.05, 3.63) is 44.3 Å². The van der Waals surface area contributed by atoms with Gasteiger partial charge in [0.2, 0.25) is 0 Å². The molecule has 1 aliphatic rings. The molecule has 0 spiro atoms. The van der Waals surface area contributed by atoms with Gasteiger partial charge in [-0.3, -0.25) is 10.1 Å². The maximum atomic E-state index is 12.7. The van der Waals surface area contributed by atoms with Crippen LogP contribution in [0.2, 0.25) is 5.02 Å². The van der Waals surface area contributed by atoms with Crippen LogP contribution in [-0.2, 0) is 16.0 Å². The van der Waals surface area contributed by atoms with E-state index in [0.717, 1.165) is 11.5 Å². The molecule has 1 atom stereocenters. The summed E-state index contributed by atoms with van der Waals surface area (Å²) in [4.78, 5) is 9.93. The third-order valence-corrected chi connectivity index (χ3v) is 4.57. The van der Waals surface area contributed by atoms with Gasteiger partial charge in [-0.1, -0.05) is 17.7 Å². The Morgan fingerprint density at radius 1 is 1.36 bits per heavy atom. The van der Waals surface area contributed by atoms with E-state index in [1.165, 1.54) is 6.08 Å². The molecule has 1 N–H and O–H groups in total. The van der Waals surface area contributed by atoms with Crippen LogP contribution in [-0.4, -0.2) is 25.1 Å². The molecule has 0 fully saturated rings. The van der Waals surface area contributed by atoms with Crippen LogP contribution in [0.5, 0.6) is 0 Å². The average Bonchev–Trinajstić information content (AvgIpc) is 2.66. The van der Waals surface area contributed by atoms with Crippen LogP contribution in [0.15, 0.2) is 23.6 Å². The molecule has 1 heterocycles. The summed E-state index contributed by atoms with van der Waals surface area (Å²) in [5, 5.41) is 13.7. The van der Waals surface area contributed by atoms with Gasteiger partial charge in [0.15, 0.2) is 9.84 Å². The third kappa shape index (κ3) is 3.50. The number of rotatable bonds is 3. The van der Waals surface area contributed by atoms with E-state index in [4.69, 9.17) is 11.6 Å². The zero-order valence-corrected chi connectivity index (χ0v) is 12.2. The Hall–Kier alpha value is -1.81. The summed E-state index contributed by atoms with van der Waals surface area (Å²) in [6, 6.07) is 0.301. The highest BCUT2D eigenvalue weighted by molar-refractivity contribution is 7.94. The predicted molar refractivity (Wildman–Crippen MR) is 73.4 cm³/mol. The largest absolute Gasteiger partial charge is 0.418 e. The van der Waals surface area contributed by atoms with Crippen molar-refractivity contribution in [3.63, 3.8) is 0 Å². The van der Waals surface area contributed by atoms with E-state index in [0.29, 0.717) is 6.07 Å². The number of nitro groups is 1. The molecule has 1 aromatic carbocycles. The number of hydrogen-bond acceptors (Lipinski definition) is 5. The average molecular weight is 357 g/mol. The Labute approximate surface area is 127 Å². The highest BCUT2D eigenvalue weighted by Crippen LogP contribution is 2.40. The van der Waals surface area contributed by atoms with E-state index >= 15 is 0 Å². The van der Waals surface area contributed by atoms with Gasteiger partial charge in [0.1, 0.15) is 5.69 Å². The first kappa shape index (κ1) is 16.6. The minimum absolute atomic E-state index is 0.283. The first-order valence-corrected chi connectivity index (χ1v) is 7.81. The fraction of sp³-hybridized carbons (Fsp3) is 0.273. The van der Waals surface area contributed by atoms with E-state index in [1.54, 1.807) is 0 Å². The Kier molecular flexibility index (Phi) is 4.09. The van der Waals surface area contributed by atoms with E-state index in [1.807, 2.05) is 0 Å². The molecule has 1 aromatic rings. The van der Waals surface area contributed by atoms with E-state index in [9.17, 15) is 31.7 Å². The number of anilines is 1. The standard InChI is InChI=1S/C11H8ClF3N2O4S/c12-8-4-9(16-6-1-2-22(20,21)5-6)10(17(18)19)3-7(8)11(13,14)15/h1-4,6,16H,5H2/t6-/m0/s1. The summed E-state index contributed by atoms with van der Waals surface area (Å²) in [5.41, 5.74) is -2.45. The Bertz CT molecular complexity index is 761. The zero-order valence-electron chi connectivity index (χ0n) is 10.6. The van der Waals surface area contributed by atoms with Crippen LogP contribution in [0.1, 0.15) is 5.56 Å². The molecule has 0 amide bonds. The number of alkyl halides is 3. The van der Waals surface area contributed by atoms with Gasteiger partial charge in [-0.2, -0.15) is 13.2 Å². The number of benzene rings is 1. The summed E-state index contributed by atoms with van der Waals surface area (Å²) in [6.07, 6.45) is -3.58. The summed E-state index contributed by atoms with van der Waals surface area (Å²) in [5.74, 6) is -0.344. The lowest BCUT2D eigenvalue weighted by molar-refractivity contribution is -0.384. The second-order valence-electron chi connectivity index (χ2n) is 4.51. The molecular formula is C11H8ClF3N2O4S. The van der Waals surface area contributed by atoms with Crippen LogP contribution in [0.25, 0.3) is 0 Å². The fourth-order valence-corrected chi connectivity index (χ4v) is 3.42. The third-order valence-electron chi connectivity index (χ3n) is 2.86. The highest BCUT2D eigenvalue weighted by Gasteiger charge is 2.36. The van der Waals surface area contributed by atoms with Crippen molar-refractivity contribution >= 4 is 32.8 Å². The molecule has 0 saturated heterocycles. The summed E-state index contributed by atoms with van der Waals surface area (Å²) in [7, 11) is -3.42. The molecule has 2 rings (SSSR count). The van der Waals surface area contributed by atoms with E-state index in [-0.39, 0.29) is 11.4 Å². The van der Waals surface area contributed by atoms with Gasteiger partial charge in [0.25, 0.3) is 5.69 Å². The molecule has 0 saturated carbocycles. The van der Waals surface area contributed by atoms with Gasteiger partial charge in [-0.15, -0.1) is 0 Å². The predicted octanol–water partition coefficient (Wildman–Crippen LogP) is 2.99. The molecule has 0 bridgehead atoms. The minimum atomic E-state index is -4.84. The van der Waals surface area contributed by atoms with Crippen molar-refractivity contribution in [1.82, 2.24) is 0 Å². The zero-order chi connectivity index (χ0) is 16.7. The molecule has 22 heavy (non-hydrogen) atoms. The lowest BCUT2D eigenvalue weighted by Gasteiger charge is -2.15. The quantitative estimate of drug-likeness (QED) is 0.664. The fourth-order valence-electron chi connectivity index (χ4n) is 1.91. The molecule has 120 valence electrons. The van der Waals surface area contributed by atoms with Crippen molar-refractivity contribution in [2.75, 3.05) is 11.1 Å². The van der Waals surface area contributed by atoms with Crippen molar-refractivity contribution in [1.29, 1.82) is 0 Å². The second-order valence-corrected chi connectivity index (χ2v) is 6.85. The minimum Gasteiger partial charge on any atom is -0.372 e. The lowest BCUT2D eigenvalue weighted by Crippen LogP contribution is -2.21. The molecule has 0 aliphatic carbocycles. The monoisotopic (exact) mass is 356 g/mol. The Morgan fingerprint density at radius 2 is 2.00 bits per heavy atom. The van der Waals surface area contributed by atoms with Crippen molar-refractivity contribution in [2.45, 2.75) is 12.2 Å². The number of hydrogen-bond donors (Lipinski definition) is 1. The number of nitro benzene ring substituents is 1. The van der Waals surface area contributed by atoms with Crippen LogP contribution < -0.4 is 5.32 Å². The number of sulfone groups is 1. The van der Waals surface area contributed by atoms with Crippen LogP contribution in [0.4, 0.5) is 24.5 Å². The molecule has 0 aromatic heterocycles. The van der Waals surface area contributed by atoms with Gasteiger partial charge in [0.05, 0.1) is 27.3 Å². The number of nitrogens with zero attached hydrogens (tertiary/aromatic N) is 1. The van der Waals surface area contributed by atoms with E-state index < -0.39 is 43.3 Å². The first-order chi connectivity index (χ1) is 9.99. The van der Waals surface area contributed by atoms with Crippen LogP contribution in [0.3, 0.4) is 0 Å². The topological polar surface area (TPSA) is 89.3 Å². The normalized spacial score (nSPS) is 20.1. The lowest BCUT2D eigenvalue weighted by atomic mass is 10.1. The summed E-state index contributed by atoms with van der Waals surface area (Å²) < 4.78 is 60.7. The van der Waals surface area contributed by atoms with Crippen molar-refractivity contribution in [2.24, 2.45) is 0 Å². The molecule has 0 radical (unpaired) electrons. The van der Waals surface area contributed by atoms with Crippen molar-refractivity contribution < 1.29 is 26.5 Å². The molecule has 1 aliphatic heterocycles. The number of halogens is 4. The maximum absolute atomic E-state index is 12.7. The Balaban J connectivity index is 2.42. The van der Waals surface area contributed by atoms with Crippen LogP contribution >= 0.6 is 11.6 Å². The SMILES string of the molecule is O=[N+]([O-])c1cc(C(F)(F)F)c(Cl)cc1N[C@H]1C=CS(=O)(=O)C1. The van der Waals surface area contributed by atoms with Gasteiger partial charge in [-0.25, -0.2) is 8.42 Å². The summed E-state index contributed by atoms with van der Waals surface area (Å²) in [6.45, 7) is 0. The number of nitrogens with one attached hydrogen (secondary N) is 1. The Morgan fingerprint density at radius 3 is 2.45 bits per heavy atom. The van der Waals surface area contributed by atoms with Gasteiger partial charge in [0, 0.05) is 11.5 Å². The molecular weight excluding hydrogens is 349 g/mol. The second kappa shape index (κ2) is 5.43. The molecule has 0 unspecified atom stereocenters. The molecule has 11 heteroatoms. The molecule has 6 nitrogen and oxygen atoms in total. The van der Waals surface area contributed by atoms with Crippen LogP contribution in [0, 0.1) is 10.1 Å². The van der Waals surface area contributed by atoms with Gasteiger partial charge < -0.3 is 5.32 Å². The van der Waals surface area contributed by atoms with E-state index in [2.05, 4.69) is 5.32 Å². The smallest absolute Gasteiger partial charge is 0.372 e. The van der Waals surface area contributed by atoms with Crippen molar-refractivity contribution in [3.8, 4) is 0 Å². The highest BCUT2D eigenvalue weighted by atomic mass is 35.5. The summed E-state index contributed by atoms with van der Waals surface area (Å²) >= 11 is 5.51. The first-order valence-electron chi connectivity index (χ1n) is 5.72. The van der Waals surface area contributed by atoms with Gasteiger partial charge in [-0.05, 0) is 6.07 Å². The van der Waals surface area contributed by atoms with Gasteiger partial charge >= 0.3 is 6.18 Å².